The molecule has 1 aromatic heterocycles. The van der Waals surface area contributed by atoms with E-state index in [0.29, 0.717) is 18.5 Å². The molecule has 8 heteroatoms. The van der Waals surface area contributed by atoms with Crippen LogP contribution in [-0.4, -0.2) is 40.1 Å². The Morgan fingerprint density at radius 2 is 2.00 bits per heavy atom. The molecule has 1 aromatic carbocycles. The molecule has 0 saturated carbocycles. The van der Waals surface area contributed by atoms with Gasteiger partial charge in [-0.1, -0.05) is 30.3 Å². The van der Waals surface area contributed by atoms with Crippen molar-refractivity contribution in [3.05, 3.63) is 59.8 Å². The first-order valence-electron chi connectivity index (χ1n) is 8.06. The minimum Gasteiger partial charge on any atom is -0.472 e. The van der Waals surface area contributed by atoms with E-state index in [9.17, 15) is 23.1 Å². The van der Waals surface area contributed by atoms with Crippen molar-refractivity contribution < 1.29 is 27.8 Å². The van der Waals surface area contributed by atoms with Gasteiger partial charge in [-0.05, 0) is 11.6 Å². The average Bonchev–Trinajstić information content (AvgIpc) is 3.09. The highest BCUT2D eigenvalue weighted by Crippen LogP contribution is 2.31. The predicted molar refractivity (Wildman–Crippen MR) is 86.3 cm³/mol. The summed E-state index contributed by atoms with van der Waals surface area (Å²) < 4.78 is 43.7. The third-order valence-electron chi connectivity index (χ3n) is 4.16. The van der Waals surface area contributed by atoms with Gasteiger partial charge in [0.25, 0.3) is 5.91 Å². The van der Waals surface area contributed by atoms with Crippen molar-refractivity contribution in [2.24, 2.45) is 0 Å². The topological polar surface area (TPSA) is 62.7 Å². The van der Waals surface area contributed by atoms with Gasteiger partial charge in [-0.3, -0.25) is 4.79 Å². The number of alkyl halides is 3. The lowest BCUT2D eigenvalue weighted by Crippen LogP contribution is -2.34. The van der Waals surface area contributed by atoms with E-state index in [4.69, 9.17) is 4.74 Å². The van der Waals surface area contributed by atoms with E-state index in [1.165, 1.54) is 4.90 Å². The van der Waals surface area contributed by atoms with Gasteiger partial charge in [-0.2, -0.15) is 13.2 Å². The Bertz CT molecular complexity index is 768. The summed E-state index contributed by atoms with van der Waals surface area (Å²) >= 11 is 0. The summed E-state index contributed by atoms with van der Waals surface area (Å²) in [4.78, 5) is 17.6. The summed E-state index contributed by atoms with van der Waals surface area (Å²) in [6, 6.07) is 10.2. The van der Waals surface area contributed by atoms with Crippen molar-refractivity contribution in [3.63, 3.8) is 0 Å². The van der Waals surface area contributed by atoms with E-state index in [1.807, 2.05) is 0 Å². The lowest BCUT2D eigenvalue weighted by atomic mass is 10.1. The van der Waals surface area contributed by atoms with Crippen molar-refractivity contribution in [2.75, 3.05) is 13.1 Å². The predicted octanol–water partition coefficient (Wildman–Crippen LogP) is 2.81. The maximum absolute atomic E-state index is 12.7. The Labute approximate surface area is 148 Å². The third-order valence-corrected chi connectivity index (χ3v) is 4.16. The van der Waals surface area contributed by atoms with Gasteiger partial charge in [-0.25, -0.2) is 4.98 Å². The second-order valence-electron chi connectivity index (χ2n) is 6.01. The van der Waals surface area contributed by atoms with Crippen molar-refractivity contribution in [1.82, 2.24) is 9.88 Å². The van der Waals surface area contributed by atoms with Crippen LogP contribution in [0, 0.1) is 0 Å². The summed E-state index contributed by atoms with van der Waals surface area (Å²) in [7, 11) is 0. The summed E-state index contributed by atoms with van der Waals surface area (Å²) in [6.07, 6.45) is -4.74. The van der Waals surface area contributed by atoms with E-state index >= 15 is 0 Å². The normalized spacial score (nSPS) is 18.6. The first kappa shape index (κ1) is 18.2. The maximum atomic E-state index is 12.7. The second-order valence-corrected chi connectivity index (χ2v) is 6.01. The summed E-state index contributed by atoms with van der Waals surface area (Å²) in [5.41, 5.74) is -0.352. The lowest BCUT2D eigenvalue weighted by molar-refractivity contribution is -0.139. The van der Waals surface area contributed by atoms with Crippen LogP contribution in [-0.2, 0) is 11.0 Å². The molecule has 138 valence electrons. The SMILES string of the molecule is O=C(C(O)c1ccccc1)N1CCC(Oc2cc(C(F)(F)F)ccn2)C1. The highest BCUT2D eigenvalue weighted by atomic mass is 19.4. The van der Waals surface area contributed by atoms with Gasteiger partial charge in [0.1, 0.15) is 6.10 Å². The largest absolute Gasteiger partial charge is 0.472 e. The van der Waals surface area contributed by atoms with E-state index in [0.717, 1.165) is 18.3 Å². The molecule has 1 amide bonds. The average molecular weight is 366 g/mol. The summed E-state index contributed by atoms with van der Waals surface area (Å²) in [5, 5.41) is 10.2. The van der Waals surface area contributed by atoms with E-state index < -0.39 is 29.9 Å². The molecule has 0 radical (unpaired) electrons. The number of hydrogen-bond donors (Lipinski definition) is 1. The van der Waals surface area contributed by atoms with Crippen LogP contribution in [0.25, 0.3) is 0 Å². The first-order valence-corrected chi connectivity index (χ1v) is 8.06. The zero-order valence-electron chi connectivity index (χ0n) is 13.7. The molecule has 2 aromatic rings. The molecule has 5 nitrogen and oxygen atoms in total. The number of carbonyl (C=O) groups is 1. The van der Waals surface area contributed by atoms with Gasteiger partial charge in [-0.15, -0.1) is 0 Å². The fourth-order valence-corrected chi connectivity index (χ4v) is 2.80. The second kappa shape index (κ2) is 7.33. The van der Waals surface area contributed by atoms with E-state index in [-0.39, 0.29) is 12.4 Å². The molecule has 1 saturated heterocycles. The molecule has 0 bridgehead atoms. The van der Waals surface area contributed by atoms with Gasteiger partial charge in [0.2, 0.25) is 5.88 Å². The van der Waals surface area contributed by atoms with Crippen LogP contribution in [0.4, 0.5) is 13.2 Å². The monoisotopic (exact) mass is 366 g/mol. The number of halogens is 3. The van der Waals surface area contributed by atoms with Crippen LogP contribution >= 0.6 is 0 Å². The van der Waals surface area contributed by atoms with Crippen LogP contribution in [0.3, 0.4) is 0 Å². The number of rotatable bonds is 4. The molecule has 2 unspecified atom stereocenters. The van der Waals surface area contributed by atoms with Gasteiger partial charge >= 0.3 is 6.18 Å². The van der Waals surface area contributed by atoms with Crippen LogP contribution in [0.5, 0.6) is 5.88 Å². The Hall–Kier alpha value is -2.61. The number of benzene rings is 1. The zero-order valence-corrected chi connectivity index (χ0v) is 13.7. The third kappa shape index (κ3) is 4.13. The first-order chi connectivity index (χ1) is 12.3. The van der Waals surface area contributed by atoms with Gasteiger partial charge in [0.15, 0.2) is 6.10 Å². The van der Waals surface area contributed by atoms with Crippen LogP contribution in [0.1, 0.15) is 23.7 Å². The molecule has 26 heavy (non-hydrogen) atoms. The van der Waals surface area contributed by atoms with Gasteiger partial charge in [0, 0.05) is 25.2 Å². The molecule has 3 rings (SSSR count). The summed E-state index contributed by atoms with van der Waals surface area (Å²) in [5.74, 6) is -0.595. The number of carbonyl (C=O) groups excluding carboxylic acids is 1. The number of ether oxygens (including phenoxy) is 1. The Balaban J connectivity index is 1.61. The van der Waals surface area contributed by atoms with Crippen molar-refractivity contribution in [2.45, 2.75) is 24.8 Å². The minimum atomic E-state index is -4.47. The molecule has 1 fully saturated rings. The number of aliphatic hydroxyl groups excluding tert-OH is 1. The zero-order chi connectivity index (χ0) is 18.7. The van der Waals surface area contributed by atoms with Crippen LogP contribution < -0.4 is 4.74 Å². The van der Waals surface area contributed by atoms with Crippen molar-refractivity contribution in [3.8, 4) is 5.88 Å². The number of hydrogen-bond acceptors (Lipinski definition) is 4. The molecule has 0 spiro atoms. The highest BCUT2D eigenvalue weighted by molar-refractivity contribution is 5.82. The molecule has 2 atom stereocenters. The number of aliphatic hydroxyl groups is 1. The van der Waals surface area contributed by atoms with E-state index in [2.05, 4.69) is 4.98 Å². The Kier molecular flexibility index (Phi) is 5.13. The number of likely N-dealkylation sites (tertiary alicyclic amines) is 1. The molecule has 1 aliphatic heterocycles. The van der Waals surface area contributed by atoms with Crippen molar-refractivity contribution in [1.29, 1.82) is 0 Å². The Morgan fingerprint density at radius 3 is 2.69 bits per heavy atom. The molecule has 1 aliphatic rings. The number of amides is 1. The lowest BCUT2D eigenvalue weighted by Gasteiger charge is -2.20. The summed E-state index contributed by atoms with van der Waals surface area (Å²) in [6.45, 7) is 0.535. The smallest absolute Gasteiger partial charge is 0.416 e. The number of pyridine rings is 1. The number of aromatic nitrogens is 1. The van der Waals surface area contributed by atoms with Gasteiger partial charge in [0.05, 0.1) is 12.1 Å². The van der Waals surface area contributed by atoms with E-state index in [1.54, 1.807) is 30.3 Å². The van der Waals surface area contributed by atoms with Crippen LogP contribution in [0.2, 0.25) is 0 Å². The molecular weight excluding hydrogens is 349 g/mol. The quantitative estimate of drug-likeness (QED) is 0.904. The minimum absolute atomic E-state index is 0.136. The molecule has 0 aliphatic carbocycles. The molecular formula is C18H17F3N2O3. The molecule has 2 heterocycles. The maximum Gasteiger partial charge on any atom is 0.416 e. The standard InChI is InChI=1S/C18H17F3N2O3/c19-18(20,21)13-6-8-22-15(10-13)26-14-7-9-23(11-14)17(25)16(24)12-4-2-1-3-5-12/h1-6,8,10,14,16,24H,7,9,11H2. The fraction of sp³-hybridized carbons (Fsp3) is 0.333. The number of nitrogens with zero attached hydrogens (tertiary/aromatic N) is 2. The van der Waals surface area contributed by atoms with Crippen LogP contribution in [0.15, 0.2) is 48.7 Å². The fourth-order valence-electron chi connectivity index (χ4n) is 2.80. The van der Waals surface area contributed by atoms with Gasteiger partial charge < -0.3 is 14.7 Å². The molecule has 1 N–H and O–H groups in total. The Morgan fingerprint density at radius 1 is 1.27 bits per heavy atom. The van der Waals surface area contributed by atoms with Crippen molar-refractivity contribution >= 4 is 5.91 Å². The highest BCUT2D eigenvalue weighted by Gasteiger charge is 2.33.